The fourth-order valence-electron chi connectivity index (χ4n) is 2.35. The molecule has 6 heteroatoms. The molecule has 0 spiro atoms. The van der Waals surface area contributed by atoms with Crippen LogP contribution in [-0.4, -0.2) is 38.4 Å². The molecule has 1 amide bonds. The fraction of sp³-hybridized carbons (Fsp3) is 0.533. The Morgan fingerprint density at radius 1 is 1.29 bits per heavy atom. The molecule has 0 saturated carbocycles. The van der Waals surface area contributed by atoms with Gasteiger partial charge in [0.1, 0.15) is 0 Å². The zero-order chi connectivity index (χ0) is 15.3. The Balaban J connectivity index is 1.62. The number of aryl methyl sites for hydroxylation is 1. The first-order chi connectivity index (χ1) is 9.94. The number of amides is 1. The summed E-state index contributed by atoms with van der Waals surface area (Å²) in [6.07, 6.45) is 0.896. The summed E-state index contributed by atoms with van der Waals surface area (Å²) in [5.74, 6) is 0.174. The summed E-state index contributed by atoms with van der Waals surface area (Å²) >= 11 is 0. The number of rotatable bonds is 6. The number of hydrogen-bond acceptors (Lipinski definition) is 4. The van der Waals surface area contributed by atoms with Crippen molar-refractivity contribution in [3.8, 4) is 0 Å². The molecule has 0 radical (unpaired) electrons. The lowest BCUT2D eigenvalue weighted by atomic mass is 10.1. The maximum absolute atomic E-state index is 11.7. The van der Waals surface area contributed by atoms with Crippen molar-refractivity contribution < 1.29 is 13.2 Å². The Labute approximate surface area is 126 Å². The Hall–Kier alpha value is -1.40. The van der Waals surface area contributed by atoms with Gasteiger partial charge >= 0.3 is 0 Å². The molecule has 0 aliphatic carbocycles. The zero-order valence-electron chi connectivity index (χ0n) is 12.3. The standard InChI is InChI=1S/C15H22N2O3S/c1-12-2-4-13(5-3-12)10-16-8-6-15(18)17-14-7-9-21(19,20)11-14/h2-5,14,16H,6-11H2,1H3,(H,17,18). The molecule has 1 aromatic carbocycles. The van der Waals surface area contributed by atoms with E-state index in [1.165, 1.54) is 11.1 Å². The maximum atomic E-state index is 11.7. The van der Waals surface area contributed by atoms with Crippen molar-refractivity contribution >= 4 is 15.7 Å². The minimum atomic E-state index is -2.94. The van der Waals surface area contributed by atoms with Gasteiger partial charge in [-0.05, 0) is 18.9 Å². The first-order valence-corrected chi connectivity index (χ1v) is 9.03. The molecule has 5 nitrogen and oxygen atoms in total. The highest BCUT2D eigenvalue weighted by Crippen LogP contribution is 2.11. The molecular weight excluding hydrogens is 288 g/mol. The van der Waals surface area contributed by atoms with E-state index in [0.29, 0.717) is 19.4 Å². The van der Waals surface area contributed by atoms with Gasteiger partial charge in [-0.25, -0.2) is 8.42 Å². The summed E-state index contributed by atoms with van der Waals surface area (Å²) in [6, 6.07) is 8.03. The zero-order valence-corrected chi connectivity index (χ0v) is 13.1. The lowest BCUT2D eigenvalue weighted by molar-refractivity contribution is -0.121. The van der Waals surface area contributed by atoms with Crippen LogP contribution in [0.15, 0.2) is 24.3 Å². The summed E-state index contributed by atoms with van der Waals surface area (Å²) in [7, 11) is -2.94. The minimum Gasteiger partial charge on any atom is -0.352 e. The quantitative estimate of drug-likeness (QED) is 0.761. The van der Waals surface area contributed by atoms with Crippen LogP contribution in [-0.2, 0) is 21.2 Å². The summed E-state index contributed by atoms with van der Waals surface area (Å²) in [6.45, 7) is 3.36. The van der Waals surface area contributed by atoms with E-state index in [2.05, 4.69) is 34.9 Å². The predicted octanol–water partition coefficient (Wildman–Crippen LogP) is 0.778. The maximum Gasteiger partial charge on any atom is 0.221 e. The van der Waals surface area contributed by atoms with Gasteiger partial charge in [0.2, 0.25) is 5.91 Å². The first kappa shape index (κ1) is 16.0. The van der Waals surface area contributed by atoms with E-state index in [1.54, 1.807) is 0 Å². The van der Waals surface area contributed by atoms with Crippen molar-refractivity contribution in [2.24, 2.45) is 0 Å². The van der Waals surface area contributed by atoms with Crippen LogP contribution in [0.1, 0.15) is 24.0 Å². The summed E-state index contributed by atoms with van der Waals surface area (Å²) in [5, 5.41) is 6.00. The number of sulfone groups is 1. The lowest BCUT2D eigenvalue weighted by Gasteiger charge is -2.11. The summed E-state index contributed by atoms with van der Waals surface area (Å²) in [5.41, 5.74) is 2.41. The third-order valence-electron chi connectivity index (χ3n) is 3.58. The molecule has 2 rings (SSSR count). The van der Waals surface area contributed by atoms with Gasteiger partial charge in [0.05, 0.1) is 11.5 Å². The van der Waals surface area contributed by atoms with E-state index in [0.717, 1.165) is 6.54 Å². The second kappa shape index (κ2) is 7.04. The van der Waals surface area contributed by atoms with Crippen molar-refractivity contribution in [3.63, 3.8) is 0 Å². The highest BCUT2D eigenvalue weighted by Gasteiger charge is 2.28. The molecule has 1 aliphatic heterocycles. The van der Waals surface area contributed by atoms with Gasteiger partial charge in [-0.3, -0.25) is 4.79 Å². The van der Waals surface area contributed by atoms with E-state index in [1.807, 2.05) is 6.92 Å². The Kier molecular flexibility index (Phi) is 5.36. The molecule has 1 fully saturated rings. The molecule has 2 N–H and O–H groups in total. The van der Waals surface area contributed by atoms with Crippen LogP contribution in [0.3, 0.4) is 0 Å². The Morgan fingerprint density at radius 2 is 2.00 bits per heavy atom. The van der Waals surface area contributed by atoms with Crippen LogP contribution < -0.4 is 10.6 Å². The van der Waals surface area contributed by atoms with Crippen LogP contribution in [0.25, 0.3) is 0 Å². The van der Waals surface area contributed by atoms with Gasteiger partial charge in [-0.2, -0.15) is 0 Å². The second-order valence-corrected chi connectivity index (χ2v) is 7.81. The van der Waals surface area contributed by atoms with Crippen LogP contribution in [0, 0.1) is 6.92 Å². The smallest absolute Gasteiger partial charge is 0.221 e. The van der Waals surface area contributed by atoms with E-state index in [4.69, 9.17) is 0 Å². The Morgan fingerprint density at radius 3 is 2.62 bits per heavy atom. The fourth-order valence-corrected chi connectivity index (χ4v) is 4.02. The van der Waals surface area contributed by atoms with Gasteiger partial charge in [0.15, 0.2) is 9.84 Å². The predicted molar refractivity (Wildman–Crippen MR) is 82.7 cm³/mol. The molecule has 0 aromatic heterocycles. The molecule has 1 aliphatic rings. The van der Waals surface area contributed by atoms with Crippen molar-refractivity contribution in [2.45, 2.75) is 32.4 Å². The van der Waals surface area contributed by atoms with Crippen molar-refractivity contribution in [1.29, 1.82) is 0 Å². The molecule has 1 unspecified atom stereocenters. The minimum absolute atomic E-state index is 0.0789. The van der Waals surface area contributed by atoms with E-state index >= 15 is 0 Å². The van der Waals surface area contributed by atoms with Crippen LogP contribution in [0.5, 0.6) is 0 Å². The number of hydrogen-bond donors (Lipinski definition) is 2. The molecule has 1 aromatic rings. The molecule has 116 valence electrons. The molecule has 0 bridgehead atoms. The van der Waals surface area contributed by atoms with Gasteiger partial charge in [-0.15, -0.1) is 0 Å². The normalized spacial score (nSPS) is 20.3. The highest BCUT2D eigenvalue weighted by molar-refractivity contribution is 7.91. The average Bonchev–Trinajstić information content (AvgIpc) is 2.76. The molecule has 1 atom stereocenters. The summed E-state index contributed by atoms with van der Waals surface area (Å²) < 4.78 is 22.6. The van der Waals surface area contributed by atoms with Crippen molar-refractivity contribution in [1.82, 2.24) is 10.6 Å². The number of carbonyl (C=O) groups excluding carboxylic acids is 1. The summed E-state index contributed by atoms with van der Waals surface area (Å²) in [4.78, 5) is 11.7. The van der Waals surface area contributed by atoms with Crippen LogP contribution >= 0.6 is 0 Å². The van der Waals surface area contributed by atoms with E-state index in [9.17, 15) is 13.2 Å². The molecular formula is C15H22N2O3S. The van der Waals surface area contributed by atoms with Crippen LogP contribution in [0.4, 0.5) is 0 Å². The molecule has 21 heavy (non-hydrogen) atoms. The van der Waals surface area contributed by atoms with E-state index in [-0.39, 0.29) is 23.5 Å². The third-order valence-corrected chi connectivity index (χ3v) is 5.34. The van der Waals surface area contributed by atoms with Crippen LogP contribution in [0.2, 0.25) is 0 Å². The van der Waals surface area contributed by atoms with Gasteiger partial charge in [-0.1, -0.05) is 29.8 Å². The Bertz CT molecular complexity index is 581. The topological polar surface area (TPSA) is 75.3 Å². The average molecular weight is 310 g/mol. The SMILES string of the molecule is Cc1ccc(CNCCC(=O)NC2CCS(=O)(=O)C2)cc1. The largest absolute Gasteiger partial charge is 0.352 e. The third kappa shape index (κ3) is 5.47. The van der Waals surface area contributed by atoms with Crippen molar-refractivity contribution in [2.75, 3.05) is 18.1 Å². The molecule has 1 saturated heterocycles. The van der Waals surface area contributed by atoms with Gasteiger partial charge < -0.3 is 10.6 Å². The monoisotopic (exact) mass is 310 g/mol. The van der Waals surface area contributed by atoms with Gasteiger partial charge in [0.25, 0.3) is 0 Å². The number of carbonyl (C=O) groups is 1. The second-order valence-electron chi connectivity index (χ2n) is 5.58. The number of nitrogens with one attached hydrogen (secondary N) is 2. The first-order valence-electron chi connectivity index (χ1n) is 7.21. The highest BCUT2D eigenvalue weighted by atomic mass is 32.2. The van der Waals surface area contributed by atoms with Gasteiger partial charge in [0, 0.05) is 25.6 Å². The lowest BCUT2D eigenvalue weighted by Crippen LogP contribution is -2.37. The number of benzene rings is 1. The van der Waals surface area contributed by atoms with Crippen molar-refractivity contribution in [3.05, 3.63) is 35.4 Å². The molecule has 1 heterocycles. The van der Waals surface area contributed by atoms with E-state index < -0.39 is 9.84 Å².